The van der Waals surface area contributed by atoms with Crippen LogP contribution in [0.4, 0.5) is 13.2 Å². The first kappa shape index (κ1) is 11.9. The van der Waals surface area contributed by atoms with Gasteiger partial charge in [-0.25, -0.2) is 0 Å². The van der Waals surface area contributed by atoms with E-state index in [9.17, 15) is 13.2 Å². The molecule has 0 aliphatic carbocycles. The summed E-state index contributed by atoms with van der Waals surface area (Å²) in [5, 5.41) is 4.69. The third kappa shape index (κ3) is 3.48. The van der Waals surface area contributed by atoms with Crippen molar-refractivity contribution in [3.63, 3.8) is 0 Å². The van der Waals surface area contributed by atoms with E-state index in [1.807, 2.05) is 0 Å². The minimum Gasteiger partial charge on any atom is -0.375 e. The Morgan fingerprint density at radius 1 is 1.60 bits per heavy atom. The van der Waals surface area contributed by atoms with Crippen molar-refractivity contribution in [1.82, 2.24) is 5.43 Å². The van der Waals surface area contributed by atoms with Crippen LogP contribution in [0.1, 0.15) is 10.4 Å². The maximum Gasteiger partial charge on any atom is 0.417 e. The van der Waals surface area contributed by atoms with Gasteiger partial charge < -0.3 is 5.73 Å². The van der Waals surface area contributed by atoms with Crippen LogP contribution in [0.25, 0.3) is 0 Å². The highest BCUT2D eigenvalue weighted by Gasteiger charge is 2.33. The summed E-state index contributed by atoms with van der Waals surface area (Å²) in [5.74, 6) is 0. The number of nitrogens with one attached hydrogen (secondary N) is 1. The van der Waals surface area contributed by atoms with Crippen LogP contribution in [0.5, 0.6) is 0 Å². The minimum absolute atomic E-state index is 0.00579. The molecule has 3 N–H and O–H groups in total. The summed E-state index contributed by atoms with van der Waals surface area (Å²) in [5.41, 5.74) is 6.50. The van der Waals surface area contributed by atoms with Crippen LogP contribution in [-0.4, -0.2) is 11.3 Å². The smallest absolute Gasteiger partial charge is 0.375 e. The van der Waals surface area contributed by atoms with E-state index in [4.69, 9.17) is 5.73 Å². The van der Waals surface area contributed by atoms with E-state index in [0.29, 0.717) is 0 Å². The molecule has 1 heterocycles. The van der Waals surface area contributed by atoms with Gasteiger partial charge in [0.2, 0.25) is 0 Å². The number of halogens is 3. The Balaban J connectivity index is 2.83. The van der Waals surface area contributed by atoms with Crippen LogP contribution >= 0.6 is 23.6 Å². The van der Waals surface area contributed by atoms with E-state index in [0.717, 1.165) is 23.6 Å². The molecule has 3 nitrogen and oxygen atoms in total. The average molecular weight is 253 g/mol. The molecule has 82 valence electrons. The molecule has 0 atom stereocenters. The van der Waals surface area contributed by atoms with Gasteiger partial charge in [-0.05, 0) is 23.7 Å². The zero-order chi connectivity index (χ0) is 11.5. The molecule has 0 aliphatic heterocycles. The zero-order valence-corrected chi connectivity index (χ0v) is 8.84. The molecule has 0 spiro atoms. The van der Waals surface area contributed by atoms with E-state index in [1.54, 1.807) is 0 Å². The highest BCUT2D eigenvalue weighted by Crippen LogP contribution is 2.33. The predicted molar refractivity (Wildman–Crippen MR) is 56.8 cm³/mol. The van der Waals surface area contributed by atoms with Gasteiger partial charge in [-0.15, -0.1) is 11.3 Å². The number of nitrogens with zero attached hydrogens (tertiary/aromatic N) is 1. The Bertz CT molecular complexity index is 383. The van der Waals surface area contributed by atoms with Gasteiger partial charge in [-0.3, -0.25) is 5.43 Å². The van der Waals surface area contributed by atoms with Crippen molar-refractivity contribution in [3.8, 4) is 0 Å². The Kier molecular flexibility index (Phi) is 3.64. The van der Waals surface area contributed by atoms with Crippen molar-refractivity contribution in [2.24, 2.45) is 10.8 Å². The summed E-state index contributed by atoms with van der Waals surface area (Å²) in [7, 11) is 0. The van der Waals surface area contributed by atoms with Gasteiger partial charge in [0.1, 0.15) is 0 Å². The standard InChI is InChI=1S/C7H6F3N3S2/c8-7(9,10)4-1-2-15-5(4)3-12-13-6(11)14/h1-3H,(H3,11,13,14). The van der Waals surface area contributed by atoms with Crippen LogP contribution in [0.2, 0.25) is 0 Å². The first-order chi connectivity index (χ1) is 6.91. The minimum atomic E-state index is -4.37. The summed E-state index contributed by atoms with van der Waals surface area (Å²) in [6.45, 7) is 0. The molecule has 1 rings (SSSR count). The number of hydrogen-bond donors (Lipinski definition) is 2. The first-order valence-electron chi connectivity index (χ1n) is 3.64. The fraction of sp³-hybridized carbons (Fsp3) is 0.143. The van der Waals surface area contributed by atoms with Gasteiger partial charge in [-0.2, -0.15) is 18.3 Å². The summed E-state index contributed by atoms with van der Waals surface area (Å²) in [6.07, 6.45) is -3.34. The van der Waals surface area contributed by atoms with Gasteiger partial charge in [0.15, 0.2) is 5.11 Å². The van der Waals surface area contributed by atoms with Gasteiger partial charge >= 0.3 is 6.18 Å². The quantitative estimate of drug-likeness (QED) is 0.481. The summed E-state index contributed by atoms with van der Waals surface area (Å²) < 4.78 is 37.0. The molecule has 0 unspecified atom stereocenters. The van der Waals surface area contributed by atoms with Crippen LogP contribution in [-0.2, 0) is 6.18 Å². The molecule has 1 aromatic rings. The number of hydrazone groups is 1. The van der Waals surface area contributed by atoms with Gasteiger partial charge in [0, 0.05) is 0 Å². The Hall–Kier alpha value is -1.15. The molecule has 0 radical (unpaired) electrons. The summed E-state index contributed by atoms with van der Waals surface area (Å²) >= 11 is 5.37. The fourth-order valence-corrected chi connectivity index (χ4v) is 1.64. The molecule has 0 aliphatic rings. The highest BCUT2D eigenvalue weighted by molar-refractivity contribution is 7.80. The number of rotatable bonds is 2. The maximum absolute atomic E-state index is 12.3. The van der Waals surface area contributed by atoms with E-state index < -0.39 is 11.7 Å². The van der Waals surface area contributed by atoms with Crippen molar-refractivity contribution < 1.29 is 13.2 Å². The van der Waals surface area contributed by atoms with Gasteiger partial charge in [0.25, 0.3) is 0 Å². The van der Waals surface area contributed by atoms with Gasteiger partial charge in [0.05, 0.1) is 16.7 Å². The van der Waals surface area contributed by atoms with Crippen LogP contribution < -0.4 is 11.2 Å². The van der Waals surface area contributed by atoms with E-state index in [-0.39, 0.29) is 9.99 Å². The van der Waals surface area contributed by atoms with Crippen molar-refractivity contribution in [2.45, 2.75) is 6.18 Å². The number of thiocarbonyl (C=S) groups is 1. The number of alkyl halides is 3. The molecule has 0 bridgehead atoms. The lowest BCUT2D eigenvalue weighted by molar-refractivity contribution is -0.137. The lowest BCUT2D eigenvalue weighted by Gasteiger charge is -2.04. The monoisotopic (exact) mass is 253 g/mol. The summed E-state index contributed by atoms with van der Waals surface area (Å²) in [6, 6.07) is 0.993. The Labute approximate surface area is 92.8 Å². The second kappa shape index (κ2) is 4.58. The SMILES string of the molecule is NC(=S)NN=Cc1sccc1C(F)(F)F. The topological polar surface area (TPSA) is 50.4 Å². The van der Waals surface area contributed by atoms with E-state index in [2.05, 4.69) is 22.7 Å². The largest absolute Gasteiger partial charge is 0.417 e. The third-order valence-corrected chi connectivity index (χ3v) is 2.30. The number of thiophene rings is 1. The molecular weight excluding hydrogens is 247 g/mol. The first-order valence-corrected chi connectivity index (χ1v) is 4.93. The van der Waals surface area contributed by atoms with Crippen LogP contribution in [0.3, 0.4) is 0 Å². The molecule has 0 saturated heterocycles. The number of nitrogens with two attached hydrogens (primary N) is 1. The molecule has 0 fully saturated rings. The van der Waals surface area contributed by atoms with Crippen molar-refractivity contribution in [2.75, 3.05) is 0 Å². The lowest BCUT2D eigenvalue weighted by atomic mass is 10.2. The Morgan fingerprint density at radius 2 is 2.27 bits per heavy atom. The van der Waals surface area contributed by atoms with E-state index in [1.165, 1.54) is 5.38 Å². The van der Waals surface area contributed by atoms with E-state index >= 15 is 0 Å². The molecule has 0 amide bonds. The molecule has 15 heavy (non-hydrogen) atoms. The predicted octanol–water partition coefficient (Wildman–Crippen LogP) is 1.93. The normalized spacial score (nSPS) is 11.9. The van der Waals surface area contributed by atoms with Crippen molar-refractivity contribution in [3.05, 3.63) is 21.9 Å². The molecule has 0 aromatic carbocycles. The zero-order valence-electron chi connectivity index (χ0n) is 7.21. The van der Waals surface area contributed by atoms with Gasteiger partial charge in [-0.1, -0.05) is 0 Å². The molecular formula is C7H6F3N3S2. The third-order valence-electron chi connectivity index (χ3n) is 1.36. The second-order valence-electron chi connectivity index (χ2n) is 2.43. The lowest BCUT2D eigenvalue weighted by Crippen LogP contribution is -2.24. The molecule has 1 aromatic heterocycles. The fourth-order valence-electron chi connectivity index (χ4n) is 0.810. The maximum atomic E-state index is 12.3. The Morgan fingerprint density at radius 3 is 2.80 bits per heavy atom. The van der Waals surface area contributed by atoms with Crippen molar-refractivity contribution >= 4 is 34.9 Å². The van der Waals surface area contributed by atoms with Crippen LogP contribution in [0, 0.1) is 0 Å². The molecule has 0 saturated carbocycles. The second-order valence-corrected chi connectivity index (χ2v) is 3.82. The highest BCUT2D eigenvalue weighted by atomic mass is 32.1. The number of hydrogen-bond acceptors (Lipinski definition) is 3. The van der Waals surface area contributed by atoms with Crippen molar-refractivity contribution in [1.29, 1.82) is 0 Å². The average Bonchev–Trinajstić information content (AvgIpc) is 2.50. The molecule has 8 heteroatoms. The summed E-state index contributed by atoms with van der Waals surface area (Å²) in [4.78, 5) is 0.00579. The van der Waals surface area contributed by atoms with Crippen LogP contribution in [0.15, 0.2) is 16.5 Å².